The Kier molecular flexibility index (Phi) is 4.79. The van der Waals surface area contributed by atoms with Crippen molar-refractivity contribution in [1.29, 1.82) is 0 Å². The minimum absolute atomic E-state index is 0.0307. The lowest BCUT2D eigenvalue weighted by Gasteiger charge is -2.23. The number of rotatable bonds is 4. The smallest absolute Gasteiger partial charge is 0.293 e. The molecule has 0 atom stereocenters. The maximum absolute atomic E-state index is 12.4. The van der Waals surface area contributed by atoms with Crippen LogP contribution in [0.2, 0.25) is 0 Å². The zero-order chi connectivity index (χ0) is 16.2. The van der Waals surface area contributed by atoms with Gasteiger partial charge in [-0.1, -0.05) is 19.3 Å². The van der Waals surface area contributed by atoms with Crippen LogP contribution in [0.1, 0.15) is 55.3 Å². The molecule has 1 heterocycles. The second kappa shape index (κ2) is 6.98. The first-order valence-corrected chi connectivity index (χ1v) is 8.49. The van der Waals surface area contributed by atoms with Crippen molar-refractivity contribution in [3.8, 4) is 0 Å². The normalized spacial score (nSPS) is 18.9. The van der Waals surface area contributed by atoms with E-state index in [0.717, 1.165) is 51.6 Å². The van der Waals surface area contributed by atoms with Crippen LogP contribution in [-0.4, -0.2) is 30.0 Å². The van der Waals surface area contributed by atoms with Crippen molar-refractivity contribution in [2.24, 2.45) is 0 Å². The first-order valence-electron chi connectivity index (χ1n) is 8.49. The van der Waals surface area contributed by atoms with Gasteiger partial charge in [-0.2, -0.15) is 0 Å². The van der Waals surface area contributed by atoms with E-state index in [-0.39, 0.29) is 22.6 Å². The first kappa shape index (κ1) is 15.8. The molecule has 1 N–H and O–H groups in total. The van der Waals surface area contributed by atoms with E-state index in [4.69, 9.17) is 0 Å². The third kappa shape index (κ3) is 3.63. The second-order valence-electron chi connectivity index (χ2n) is 6.46. The molecule has 23 heavy (non-hydrogen) atoms. The molecule has 124 valence electrons. The van der Waals surface area contributed by atoms with E-state index in [1.807, 2.05) is 4.90 Å². The molecule has 1 saturated heterocycles. The zero-order valence-electron chi connectivity index (χ0n) is 13.3. The van der Waals surface area contributed by atoms with Crippen LogP contribution in [0.25, 0.3) is 0 Å². The number of nitro groups is 1. The molecule has 2 fully saturated rings. The van der Waals surface area contributed by atoms with Crippen LogP contribution in [0, 0.1) is 10.1 Å². The summed E-state index contributed by atoms with van der Waals surface area (Å²) in [5.41, 5.74) is 1.04. The summed E-state index contributed by atoms with van der Waals surface area (Å²) in [6.45, 7) is 1.68. The van der Waals surface area contributed by atoms with Gasteiger partial charge >= 0.3 is 0 Å². The van der Waals surface area contributed by atoms with Gasteiger partial charge in [0.05, 0.1) is 4.92 Å². The average molecular weight is 317 g/mol. The van der Waals surface area contributed by atoms with Gasteiger partial charge in [0, 0.05) is 30.8 Å². The van der Waals surface area contributed by atoms with Crippen molar-refractivity contribution >= 4 is 17.3 Å². The predicted octanol–water partition coefficient (Wildman–Crippen LogP) is 3.26. The summed E-state index contributed by atoms with van der Waals surface area (Å²) < 4.78 is 0. The van der Waals surface area contributed by atoms with Gasteiger partial charge in [0.25, 0.3) is 11.6 Å². The average Bonchev–Trinajstić information content (AvgIpc) is 3.09. The lowest BCUT2D eigenvalue weighted by atomic mass is 9.95. The molecule has 1 aliphatic heterocycles. The summed E-state index contributed by atoms with van der Waals surface area (Å²) >= 11 is 0. The van der Waals surface area contributed by atoms with E-state index >= 15 is 0 Å². The number of hydrogen-bond donors (Lipinski definition) is 1. The fraction of sp³-hybridized carbons (Fsp3) is 0.588. The van der Waals surface area contributed by atoms with Crippen molar-refractivity contribution in [3.05, 3.63) is 33.9 Å². The molecule has 0 bridgehead atoms. The fourth-order valence-corrected chi connectivity index (χ4v) is 3.55. The van der Waals surface area contributed by atoms with Gasteiger partial charge in [-0.15, -0.1) is 0 Å². The van der Waals surface area contributed by atoms with Gasteiger partial charge in [-0.05, 0) is 37.8 Å². The number of hydrogen-bond acceptors (Lipinski definition) is 4. The molecule has 0 unspecified atom stereocenters. The van der Waals surface area contributed by atoms with Gasteiger partial charge in [0.2, 0.25) is 0 Å². The number of nitro benzene ring substituents is 1. The van der Waals surface area contributed by atoms with Gasteiger partial charge in [0.1, 0.15) is 5.69 Å². The topological polar surface area (TPSA) is 75.5 Å². The van der Waals surface area contributed by atoms with Crippen LogP contribution in [-0.2, 0) is 0 Å². The first-order chi connectivity index (χ1) is 11.1. The third-order valence-corrected chi connectivity index (χ3v) is 4.82. The number of benzene rings is 1. The molecule has 3 rings (SSSR count). The van der Waals surface area contributed by atoms with Gasteiger partial charge in [0.15, 0.2) is 0 Å². The Balaban J connectivity index is 1.78. The minimum Gasteiger partial charge on any atom is -0.366 e. The van der Waals surface area contributed by atoms with E-state index in [1.165, 1.54) is 12.5 Å². The molecule has 6 nitrogen and oxygen atoms in total. The quantitative estimate of drug-likeness (QED) is 0.683. The molecule has 1 aromatic rings. The van der Waals surface area contributed by atoms with E-state index in [0.29, 0.717) is 11.3 Å². The minimum atomic E-state index is -0.384. The highest BCUT2D eigenvalue weighted by Crippen LogP contribution is 2.31. The van der Waals surface area contributed by atoms with E-state index < -0.39 is 0 Å². The van der Waals surface area contributed by atoms with Gasteiger partial charge in [-0.3, -0.25) is 14.9 Å². The lowest BCUT2D eigenvalue weighted by molar-refractivity contribution is -0.384. The molecule has 0 aromatic heterocycles. The summed E-state index contributed by atoms with van der Waals surface area (Å²) in [5, 5.41) is 14.4. The maximum Gasteiger partial charge on any atom is 0.293 e. The van der Waals surface area contributed by atoms with Crippen LogP contribution in [0.15, 0.2) is 18.2 Å². The standard InChI is InChI=1S/C17H23N3O3/c21-17(18-14-6-2-1-3-7-14)13-8-9-15(16(12-13)20(22)23)19-10-4-5-11-19/h8-9,12,14H,1-7,10-11H2,(H,18,21). The Morgan fingerprint density at radius 1 is 1.13 bits per heavy atom. The van der Waals surface area contributed by atoms with Crippen molar-refractivity contribution in [2.45, 2.75) is 51.0 Å². The fourth-order valence-electron chi connectivity index (χ4n) is 3.55. The van der Waals surface area contributed by atoms with Crippen LogP contribution in [0.5, 0.6) is 0 Å². The van der Waals surface area contributed by atoms with Crippen molar-refractivity contribution in [3.63, 3.8) is 0 Å². The monoisotopic (exact) mass is 317 g/mol. The number of carbonyl (C=O) groups excluding carboxylic acids is 1. The molecule has 1 aromatic carbocycles. The Morgan fingerprint density at radius 2 is 1.83 bits per heavy atom. The van der Waals surface area contributed by atoms with Crippen LogP contribution in [0.3, 0.4) is 0 Å². The van der Waals surface area contributed by atoms with Gasteiger partial charge in [-0.25, -0.2) is 0 Å². The van der Waals surface area contributed by atoms with Crippen LogP contribution in [0.4, 0.5) is 11.4 Å². The summed E-state index contributed by atoms with van der Waals surface area (Å²) in [6.07, 6.45) is 7.61. The Labute approximate surface area is 136 Å². The highest BCUT2D eigenvalue weighted by Gasteiger charge is 2.24. The van der Waals surface area contributed by atoms with Crippen molar-refractivity contribution in [1.82, 2.24) is 5.32 Å². The summed E-state index contributed by atoms with van der Waals surface area (Å²) in [5.74, 6) is -0.201. The molecule has 6 heteroatoms. The Morgan fingerprint density at radius 3 is 2.48 bits per heavy atom. The largest absolute Gasteiger partial charge is 0.366 e. The maximum atomic E-state index is 12.4. The third-order valence-electron chi connectivity index (χ3n) is 4.82. The molecule has 2 aliphatic rings. The molecule has 1 amide bonds. The van der Waals surface area contributed by atoms with Gasteiger partial charge < -0.3 is 10.2 Å². The molecular weight excluding hydrogens is 294 g/mol. The van der Waals surface area contributed by atoms with E-state index in [9.17, 15) is 14.9 Å². The van der Waals surface area contributed by atoms with E-state index in [2.05, 4.69) is 5.32 Å². The van der Waals surface area contributed by atoms with Crippen LogP contribution >= 0.6 is 0 Å². The van der Waals surface area contributed by atoms with Crippen LogP contribution < -0.4 is 10.2 Å². The van der Waals surface area contributed by atoms with Crippen molar-refractivity contribution < 1.29 is 9.72 Å². The number of nitrogens with zero attached hydrogens (tertiary/aromatic N) is 2. The van der Waals surface area contributed by atoms with E-state index in [1.54, 1.807) is 12.1 Å². The number of anilines is 1. The number of nitrogens with one attached hydrogen (secondary N) is 1. The molecular formula is C17H23N3O3. The summed E-state index contributed by atoms with van der Waals surface area (Å²) in [4.78, 5) is 25.4. The number of amides is 1. The SMILES string of the molecule is O=C(NC1CCCCC1)c1ccc(N2CCCC2)c([N+](=O)[O-])c1. The Bertz CT molecular complexity index is 591. The molecule has 1 saturated carbocycles. The zero-order valence-corrected chi connectivity index (χ0v) is 13.3. The second-order valence-corrected chi connectivity index (χ2v) is 6.46. The number of carbonyl (C=O) groups is 1. The lowest BCUT2D eigenvalue weighted by Crippen LogP contribution is -2.36. The highest BCUT2D eigenvalue weighted by atomic mass is 16.6. The molecule has 0 radical (unpaired) electrons. The highest BCUT2D eigenvalue weighted by molar-refractivity contribution is 5.96. The summed E-state index contributed by atoms with van der Waals surface area (Å²) in [7, 11) is 0. The molecule has 1 aliphatic carbocycles. The Hall–Kier alpha value is -2.11. The summed E-state index contributed by atoms with van der Waals surface area (Å²) in [6, 6.07) is 5.05. The predicted molar refractivity (Wildman–Crippen MR) is 88.9 cm³/mol. The molecule has 0 spiro atoms. The van der Waals surface area contributed by atoms with Crippen molar-refractivity contribution in [2.75, 3.05) is 18.0 Å².